The van der Waals surface area contributed by atoms with Crippen LogP contribution in [-0.2, 0) is 11.3 Å². The number of carbonyl (C=O) groups is 1. The van der Waals surface area contributed by atoms with Crippen molar-refractivity contribution in [1.29, 1.82) is 0 Å². The summed E-state index contributed by atoms with van der Waals surface area (Å²) in [5.41, 5.74) is 5.61. The fourth-order valence-corrected chi connectivity index (χ4v) is 3.37. The SMILES string of the molecule is Cc1cccc(/C=N\NC(=O)C2CC[NH+](Cc3ccc(Cl)cc3)CC2)n1. The Labute approximate surface area is 159 Å². The van der Waals surface area contributed by atoms with Crippen molar-refractivity contribution in [2.75, 3.05) is 13.1 Å². The van der Waals surface area contributed by atoms with E-state index in [1.807, 2.05) is 37.3 Å². The number of nitrogens with one attached hydrogen (secondary N) is 2. The molecule has 0 saturated carbocycles. The molecule has 0 unspecified atom stereocenters. The minimum atomic E-state index is -0.000513. The molecule has 0 aliphatic carbocycles. The summed E-state index contributed by atoms with van der Waals surface area (Å²) in [6.07, 6.45) is 3.35. The van der Waals surface area contributed by atoms with E-state index in [9.17, 15) is 4.79 Å². The summed E-state index contributed by atoms with van der Waals surface area (Å²) in [5.74, 6) is 0.0334. The van der Waals surface area contributed by atoms with Gasteiger partial charge in [0, 0.05) is 29.1 Å². The van der Waals surface area contributed by atoms with Gasteiger partial charge in [-0.2, -0.15) is 5.10 Å². The summed E-state index contributed by atoms with van der Waals surface area (Å²) in [4.78, 5) is 18.1. The van der Waals surface area contributed by atoms with Crippen LogP contribution < -0.4 is 10.3 Å². The predicted molar refractivity (Wildman–Crippen MR) is 103 cm³/mol. The van der Waals surface area contributed by atoms with Crippen LogP contribution in [0.4, 0.5) is 0 Å². The third-order valence-corrected chi connectivity index (χ3v) is 4.96. The van der Waals surface area contributed by atoms with Crippen molar-refractivity contribution in [3.05, 3.63) is 64.4 Å². The van der Waals surface area contributed by atoms with Gasteiger partial charge >= 0.3 is 0 Å². The first-order chi connectivity index (χ1) is 12.6. The number of piperidine rings is 1. The topological polar surface area (TPSA) is 58.8 Å². The largest absolute Gasteiger partial charge is 0.331 e. The number of amides is 1. The van der Waals surface area contributed by atoms with Crippen molar-refractivity contribution >= 4 is 23.7 Å². The molecule has 0 atom stereocenters. The molecule has 1 aliphatic rings. The van der Waals surface area contributed by atoms with E-state index in [1.165, 1.54) is 10.5 Å². The Morgan fingerprint density at radius 3 is 2.69 bits per heavy atom. The molecule has 0 bridgehead atoms. The van der Waals surface area contributed by atoms with E-state index in [4.69, 9.17) is 11.6 Å². The van der Waals surface area contributed by atoms with Gasteiger partial charge in [-0.25, -0.2) is 5.43 Å². The number of benzene rings is 1. The standard InChI is InChI=1S/C20H23ClN4O/c1-15-3-2-4-19(23-15)13-22-24-20(26)17-9-11-25(12-10-17)14-16-5-7-18(21)8-6-16/h2-8,13,17H,9-12,14H2,1H3,(H,24,26)/p+1/b22-13-. The van der Waals surface area contributed by atoms with Crippen LogP contribution in [0.15, 0.2) is 47.6 Å². The molecule has 136 valence electrons. The molecule has 6 heteroatoms. The van der Waals surface area contributed by atoms with Crippen molar-refractivity contribution < 1.29 is 9.69 Å². The first-order valence-electron chi connectivity index (χ1n) is 8.95. The van der Waals surface area contributed by atoms with Gasteiger partial charge in [0.15, 0.2) is 0 Å². The molecule has 1 amide bonds. The molecule has 2 N–H and O–H groups in total. The van der Waals surface area contributed by atoms with Gasteiger partial charge < -0.3 is 4.90 Å². The predicted octanol–water partition coefficient (Wildman–Crippen LogP) is 1.99. The smallest absolute Gasteiger partial charge is 0.243 e. The Bertz CT molecular complexity index is 768. The molecule has 3 rings (SSSR count). The van der Waals surface area contributed by atoms with E-state index in [2.05, 4.69) is 27.6 Å². The highest BCUT2D eigenvalue weighted by atomic mass is 35.5. The molecule has 1 saturated heterocycles. The number of halogens is 1. The number of nitrogens with zero attached hydrogens (tertiary/aromatic N) is 2. The minimum absolute atomic E-state index is 0.000513. The lowest BCUT2D eigenvalue weighted by molar-refractivity contribution is -0.919. The van der Waals surface area contributed by atoms with Crippen LogP contribution in [0.25, 0.3) is 0 Å². The number of pyridine rings is 1. The molecule has 2 heterocycles. The Morgan fingerprint density at radius 2 is 2.00 bits per heavy atom. The van der Waals surface area contributed by atoms with Gasteiger partial charge in [-0.3, -0.25) is 9.78 Å². The van der Waals surface area contributed by atoms with Crippen molar-refractivity contribution in [3.63, 3.8) is 0 Å². The molecule has 26 heavy (non-hydrogen) atoms. The monoisotopic (exact) mass is 371 g/mol. The average molecular weight is 372 g/mol. The van der Waals surface area contributed by atoms with Gasteiger partial charge in [0.05, 0.1) is 30.9 Å². The number of rotatable bonds is 5. The Hall–Kier alpha value is -2.24. The quantitative estimate of drug-likeness (QED) is 0.623. The zero-order chi connectivity index (χ0) is 18.4. The van der Waals surface area contributed by atoms with Gasteiger partial charge in [-0.1, -0.05) is 29.8 Å². The summed E-state index contributed by atoms with van der Waals surface area (Å²) >= 11 is 5.93. The Kier molecular flexibility index (Phi) is 6.36. The van der Waals surface area contributed by atoms with E-state index in [1.54, 1.807) is 6.21 Å². The summed E-state index contributed by atoms with van der Waals surface area (Å²) in [5, 5.41) is 4.81. The van der Waals surface area contributed by atoms with E-state index < -0.39 is 0 Å². The van der Waals surface area contributed by atoms with Gasteiger partial charge in [0.25, 0.3) is 0 Å². The van der Waals surface area contributed by atoms with Crippen molar-refractivity contribution in [2.24, 2.45) is 11.0 Å². The molecule has 1 aromatic heterocycles. The Morgan fingerprint density at radius 1 is 1.27 bits per heavy atom. The van der Waals surface area contributed by atoms with Crippen LogP contribution in [0.5, 0.6) is 0 Å². The summed E-state index contributed by atoms with van der Waals surface area (Å²) in [6.45, 7) is 4.88. The van der Waals surface area contributed by atoms with Gasteiger partial charge in [-0.05, 0) is 31.2 Å². The number of hydrogen-bond acceptors (Lipinski definition) is 3. The maximum absolute atomic E-state index is 12.3. The first-order valence-corrected chi connectivity index (χ1v) is 9.32. The van der Waals surface area contributed by atoms with Crippen LogP contribution in [0.1, 0.15) is 29.8 Å². The number of hydrazone groups is 1. The Balaban J connectivity index is 1.43. The molecular weight excluding hydrogens is 348 g/mol. The summed E-state index contributed by atoms with van der Waals surface area (Å²) in [7, 11) is 0. The highest BCUT2D eigenvalue weighted by Gasteiger charge is 2.27. The highest BCUT2D eigenvalue weighted by Crippen LogP contribution is 2.11. The fourth-order valence-electron chi connectivity index (χ4n) is 3.25. The highest BCUT2D eigenvalue weighted by molar-refractivity contribution is 6.30. The molecular formula is C20H24ClN4O+. The molecule has 1 fully saturated rings. The first kappa shape index (κ1) is 18.5. The minimum Gasteiger partial charge on any atom is -0.331 e. The third-order valence-electron chi connectivity index (χ3n) is 4.71. The second-order valence-electron chi connectivity index (χ2n) is 6.77. The second-order valence-corrected chi connectivity index (χ2v) is 7.20. The normalized spacial score (nSPS) is 20.2. The zero-order valence-electron chi connectivity index (χ0n) is 14.9. The summed E-state index contributed by atoms with van der Waals surface area (Å²) < 4.78 is 0. The number of quaternary nitrogens is 1. The maximum Gasteiger partial charge on any atom is 0.243 e. The van der Waals surface area contributed by atoms with Crippen LogP contribution in [-0.4, -0.2) is 30.2 Å². The van der Waals surface area contributed by atoms with E-state index in [0.717, 1.165) is 48.9 Å². The van der Waals surface area contributed by atoms with Gasteiger partial charge in [-0.15, -0.1) is 0 Å². The summed E-state index contributed by atoms with van der Waals surface area (Å²) in [6, 6.07) is 13.7. The lowest BCUT2D eigenvalue weighted by atomic mass is 9.96. The lowest BCUT2D eigenvalue weighted by Gasteiger charge is -2.28. The van der Waals surface area contributed by atoms with E-state index >= 15 is 0 Å². The van der Waals surface area contributed by atoms with Gasteiger partial charge in [0.2, 0.25) is 5.91 Å². The van der Waals surface area contributed by atoms with E-state index in [-0.39, 0.29) is 11.8 Å². The van der Waals surface area contributed by atoms with Gasteiger partial charge in [0.1, 0.15) is 6.54 Å². The van der Waals surface area contributed by atoms with Crippen LogP contribution in [0.2, 0.25) is 5.02 Å². The fraction of sp³-hybridized carbons (Fsp3) is 0.350. The average Bonchev–Trinajstić information content (AvgIpc) is 2.64. The van der Waals surface area contributed by atoms with E-state index in [0.29, 0.717) is 0 Å². The molecule has 5 nitrogen and oxygen atoms in total. The number of aromatic nitrogens is 1. The lowest BCUT2D eigenvalue weighted by Crippen LogP contribution is -3.11. The number of aryl methyl sites for hydroxylation is 1. The number of carbonyl (C=O) groups excluding carboxylic acids is 1. The van der Waals surface area contributed by atoms with Crippen LogP contribution >= 0.6 is 11.6 Å². The van der Waals surface area contributed by atoms with Crippen molar-refractivity contribution in [3.8, 4) is 0 Å². The second kappa shape index (κ2) is 8.92. The molecule has 1 aliphatic heterocycles. The van der Waals surface area contributed by atoms with Crippen LogP contribution in [0, 0.1) is 12.8 Å². The van der Waals surface area contributed by atoms with Crippen molar-refractivity contribution in [1.82, 2.24) is 10.4 Å². The van der Waals surface area contributed by atoms with Crippen molar-refractivity contribution in [2.45, 2.75) is 26.3 Å². The number of likely N-dealkylation sites (tertiary alicyclic amines) is 1. The zero-order valence-corrected chi connectivity index (χ0v) is 15.7. The maximum atomic E-state index is 12.3. The molecule has 0 radical (unpaired) electrons. The number of hydrogen-bond donors (Lipinski definition) is 2. The van der Waals surface area contributed by atoms with Crippen LogP contribution in [0.3, 0.4) is 0 Å². The third kappa shape index (κ3) is 5.38. The molecule has 1 aromatic carbocycles. The molecule has 2 aromatic rings. The molecule has 0 spiro atoms.